The lowest BCUT2D eigenvalue weighted by Crippen LogP contribution is -2.47. The fraction of sp³-hybridized carbons (Fsp3) is 0.667. The molecule has 2 fully saturated rings. The number of hydrogen-bond acceptors (Lipinski definition) is 6. The van der Waals surface area contributed by atoms with Crippen molar-refractivity contribution in [3.63, 3.8) is 0 Å². The van der Waals surface area contributed by atoms with Gasteiger partial charge in [0.25, 0.3) is 0 Å². The molecule has 1 aromatic heterocycles. The van der Waals surface area contributed by atoms with E-state index in [2.05, 4.69) is 14.8 Å². The summed E-state index contributed by atoms with van der Waals surface area (Å²) in [6, 6.07) is 3.40. The van der Waals surface area contributed by atoms with E-state index in [1.165, 1.54) is 11.2 Å². The Morgan fingerprint density at radius 3 is 2.33 bits per heavy atom. The van der Waals surface area contributed by atoms with Gasteiger partial charge in [-0.15, -0.1) is 0 Å². The van der Waals surface area contributed by atoms with Gasteiger partial charge in [-0.3, -0.25) is 4.90 Å². The van der Waals surface area contributed by atoms with Crippen molar-refractivity contribution in [3.05, 3.63) is 18.3 Å². The lowest BCUT2D eigenvalue weighted by Gasteiger charge is -2.37. The van der Waals surface area contributed by atoms with Gasteiger partial charge in [-0.1, -0.05) is 0 Å². The minimum Gasteiger partial charge on any atom is -0.465 e. The first-order chi connectivity index (χ1) is 12.8. The molecule has 0 aromatic carbocycles. The number of carboxylic acid groups (broad SMARTS) is 1. The summed E-state index contributed by atoms with van der Waals surface area (Å²) >= 11 is 0. The Kier molecular flexibility index (Phi) is 6.21. The number of nitrogens with zero attached hydrogens (tertiary/aromatic N) is 4. The smallest absolute Gasteiger partial charge is 0.407 e. The number of piperidine rings is 1. The number of pyridine rings is 1. The zero-order valence-corrected chi connectivity index (χ0v) is 16.6. The molecule has 1 aromatic rings. The topological polar surface area (TPSA) is 94.1 Å². The molecule has 0 atom stereocenters. The lowest BCUT2D eigenvalue weighted by molar-refractivity contribution is 0.119. The van der Waals surface area contributed by atoms with Gasteiger partial charge < -0.3 is 14.9 Å². The predicted octanol–water partition coefficient (Wildman–Crippen LogP) is 1.39. The largest absolute Gasteiger partial charge is 0.465 e. The summed E-state index contributed by atoms with van der Waals surface area (Å²) in [5.74, 6) is 0.617. The maximum atomic E-state index is 11.5. The van der Waals surface area contributed by atoms with E-state index < -0.39 is 15.9 Å². The molecule has 3 heterocycles. The first-order valence-electron chi connectivity index (χ1n) is 9.44. The third kappa shape index (κ3) is 5.32. The zero-order chi connectivity index (χ0) is 19.4. The SMILES string of the molecule is CS(=O)(=O)c1ccc(N2CCN(CCC3CCN(C(=O)O)CC3)CC2)cn1. The first-order valence-corrected chi connectivity index (χ1v) is 11.3. The third-order valence-corrected chi connectivity index (χ3v) is 6.58. The van der Waals surface area contributed by atoms with E-state index in [1.807, 2.05) is 6.07 Å². The number of likely N-dealkylation sites (tertiary alicyclic amines) is 1. The van der Waals surface area contributed by atoms with Gasteiger partial charge in [0.05, 0.1) is 11.9 Å². The molecule has 0 spiro atoms. The summed E-state index contributed by atoms with van der Waals surface area (Å²) in [6.45, 7) is 6.11. The molecule has 0 saturated carbocycles. The highest BCUT2D eigenvalue weighted by Gasteiger charge is 2.24. The number of anilines is 1. The number of rotatable bonds is 5. The number of amides is 1. The molecule has 150 valence electrons. The molecular formula is C18H28N4O4S. The van der Waals surface area contributed by atoms with Crippen molar-refractivity contribution in [2.75, 3.05) is 57.0 Å². The molecule has 0 aliphatic carbocycles. The van der Waals surface area contributed by atoms with E-state index in [4.69, 9.17) is 5.11 Å². The molecule has 0 bridgehead atoms. The average Bonchev–Trinajstić information content (AvgIpc) is 2.66. The Labute approximate surface area is 160 Å². The second-order valence-corrected chi connectivity index (χ2v) is 9.42. The van der Waals surface area contributed by atoms with Crippen molar-refractivity contribution in [2.24, 2.45) is 5.92 Å². The lowest BCUT2D eigenvalue weighted by atomic mass is 9.93. The Bertz CT molecular complexity index is 737. The molecule has 0 unspecified atom stereocenters. The van der Waals surface area contributed by atoms with Crippen LogP contribution in [0.25, 0.3) is 0 Å². The van der Waals surface area contributed by atoms with Crippen LogP contribution in [0.2, 0.25) is 0 Å². The van der Waals surface area contributed by atoms with E-state index in [-0.39, 0.29) is 5.03 Å². The number of sulfone groups is 1. The van der Waals surface area contributed by atoms with Crippen molar-refractivity contribution in [1.29, 1.82) is 0 Å². The number of carbonyl (C=O) groups is 1. The van der Waals surface area contributed by atoms with Gasteiger partial charge in [0, 0.05) is 45.5 Å². The number of hydrogen-bond donors (Lipinski definition) is 1. The Hall–Kier alpha value is -1.87. The van der Waals surface area contributed by atoms with E-state index in [0.717, 1.165) is 57.7 Å². The molecule has 2 aliphatic rings. The second-order valence-electron chi connectivity index (χ2n) is 7.46. The number of piperazine rings is 1. The fourth-order valence-corrected chi connectivity index (χ4v) is 4.35. The summed E-state index contributed by atoms with van der Waals surface area (Å²) in [7, 11) is -3.26. The minimum absolute atomic E-state index is 0.110. The summed E-state index contributed by atoms with van der Waals surface area (Å²) in [6.07, 6.45) is 5.05. The molecule has 0 radical (unpaired) electrons. The van der Waals surface area contributed by atoms with E-state index in [0.29, 0.717) is 19.0 Å². The van der Waals surface area contributed by atoms with Crippen molar-refractivity contribution >= 4 is 21.6 Å². The van der Waals surface area contributed by atoms with Crippen LogP contribution in [0.3, 0.4) is 0 Å². The van der Waals surface area contributed by atoms with Crippen LogP contribution in [0.1, 0.15) is 19.3 Å². The fourth-order valence-electron chi connectivity index (χ4n) is 3.79. The van der Waals surface area contributed by atoms with Crippen LogP contribution < -0.4 is 4.90 Å². The molecule has 8 nitrogen and oxygen atoms in total. The van der Waals surface area contributed by atoms with E-state index in [9.17, 15) is 13.2 Å². The molecule has 27 heavy (non-hydrogen) atoms. The molecule has 1 N–H and O–H groups in total. The zero-order valence-electron chi connectivity index (χ0n) is 15.7. The first kappa shape index (κ1) is 19.9. The van der Waals surface area contributed by atoms with Gasteiger partial charge in [0.15, 0.2) is 14.9 Å². The van der Waals surface area contributed by atoms with Gasteiger partial charge in [0.1, 0.15) is 0 Å². The van der Waals surface area contributed by atoms with Gasteiger partial charge >= 0.3 is 6.09 Å². The normalized spacial score (nSPS) is 20.0. The molecule has 2 aliphatic heterocycles. The average molecular weight is 397 g/mol. The molecule has 9 heteroatoms. The highest BCUT2D eigenvalue weighted by Crippen LogP contribution is 2.22. The van der Waals surface area contributed by atoms with E-state index in [1.54, 1.807) is 12.3 Å². The highest BCUT2D eigenvalue weighted by molar-refractivity contribution is 7.90. The van der Waals surface area contributed by atoms with E-state index >= 15 is 0 Å². The van der Waals surface area contributed by atoms with Crippen LogP contribution in [0, 0.1) is 5.92 Å². The monoisotopic (exact) mass is 396 g/mol. The second kappa shape index (κ2) is 8.43. The minimum atomic E-state index is -3.26. The third-order valence-electron chi connectivity index (χ3n) is 5.58. The van der Waals surface area contributed by atoms with Crippen molar-refractivity contribution in [1.82, 2.24) is 14.8 Å². The Balaban J connectivity index is 1.41. The van der Waals surface area contributed by atoms with Crippen molar-refractivity contribution in [2.45, 2.75) is 24.3 Å². The molecular weight excluding hydrogens is 368 g/mol. The summed E-state index contributed by atoms with van der Waals surface area (Å²) in [4.78, 5) is 21.2. The summed E-state index contributed by atoms with van der Waals surface area (Å²) in [5, 5.41) is 9.12. The molecule has 1 amide bonds. The van der Waals surface area contributed by atoms with Gasteiger partial charge in [0.2, 0.25) is 0 Å². The van der Waals surface area contributed by atoms with Crippen molar-refractivity contribution < 1.29 is 18.3 Å². The van der Waals surface area contributed by atoms with Crippen LogP contribution >= 0.6 is 0 Å². The Morgan fingerprint density at radius 2 is 1.81 bits per heavy atom. The van der Waals surface area contributed by atoms with Crippen LogP contribution in [-0.4, -0.2) is 86.5 Å². The Morgan fingerprint density at radius 1 is 1.15 bits per heavy atom. The van der Waals surface area contributed by atoms with Crippen LogP contribution in [0.4, 0.5) is 10.5 Å². The standard InChI is InChI=1S/C18H28N4O4S/c1-27(25,26)17-3-2-16(14-19-17)21-12-10-20(11-13-21)7-4-15-5-8-22(9-6-15)18(23)24/h2-3,14-15H,4-13H2,1H3,(H,23,24). The predicted molar refractivity (Wildman–Crippen MR) is 103 cm³/mol. The maximum absolute atomic E-state index is 11.5. The number of aromatic nitrogens is 1. The van der Waals surface area contributed by atoms with Crippen LogP contribution in [-0.2, 0) is 9.84 Å². The molecule has 3 rings (SSSR count). The van der Waals surface area contributed by atoms with Gasteiger partial charge in [-0.05, 0) is 43.9 Å². The highest BCUT2D eigenvalue weighted by atomic mass is 32.2. The van der Waals surface area contributed by atoms with Crippen LogP contribution in [0.15, 0.2) is 23.4 Å². The van der Waals surface area contributed by atoms with Crippen LogP contribution in [0.5, 0.6) is 0 Å². The van der Waals surface area contributed by atoms with Gasteiger partial charge in [-0.2, -0.15) is 0 Å². The quantitative estimate of drug-likeness (QED) is 0.804. The van der Waals surface area contributed by atoms with Crippen molar-refractivity contribution in [3.8, 4) is 0 Å². The maximum Gasteiger partial charge on any atom is 0.407 e. The van der Waals surface area contributed by atoms with Gasteiger partial charge in [-0.25, -0.2) is 18.2 Å². The summed E-state index contributed by atoms with van der Waals surface area (Å²) < 4.78 is 23.0. The molecule has 2 saturated heterocycles. The summed E-state index contributed by atoms with van der Waals surface area (Å²) in [5.41, 5.74) is 0.961.